The van der Waals surface area contributed by atoms with Gasteiger partial charge in [0.15, 0.2) is 23.3 Å². The van der Waals surface area contributed by atoms with Gasteiger partial charge in [0.25, 0.3) is 11.8 Å². The van der Waals surface area contributed by atoms with E-state index in [9.17, 15) is 9.59 Å². The molecule has 43 heavy (non-hydrogen) atoms. The maximum atomic E-state index is 13.7. The van der Waals surface area contributed by atoms with Crippen molar-refractivity contribution < 1.29 is 19.1 Å². The molecule has 1 saturated heterocycles. The van der Waals surface area contributed by atoms with Gasteiger partial charge in [-0.05, 0) is 91.8 Å². The van der Waals surface area contributed by atoms with E-state index >= 15 is 0 Å². The van der Waals surface area contributed by atoms with Crippen molar-refractivity contribution in [3.05, 3.63) is 117 Å². The molecule has 1 N–H and O–H groups in total. The summed E-state index contributed by atoms with van der Waals surface area (Å²) in [6.07, 6.45) is 1.79. The number of methoxy groups -OCH3 is 1. The van der Waals surface area contributed by atoms with E-state index in [-0.39, 0.29) is 18.4 Å². The number of aryl methyl sites for hydroxylation is 2. The molecule has 1 aliphatic rings. The molecular weight excluding hydrogens is 605 g/mol. The van der Waals surface area contributed by atoms with Gasteiger partial charge < -0.3 is 14.8 Å². The number of rotatable bonds is 8. The Morgan fingerprint density at radius 1 is 0.907 bits per heavy atom. The third-order valence-electron chi connectivity index (χ3n) is 6.40. The number of thioether (sulfide) groups is 1. The maximum Gasteiger partial charge on any atom is 0.271 e. The zero-order valence-corrected chi connectivity index (χ0v) is 25.9. The fourth-order valence-electron chi connectivity index (χ4n) is 4.16. The van der Waals surface area contributed by atoms with Gasteiger partial charge >= 0.3 is 0 Å². The Balaban J connectivity index is 1.36. The molecule has 0 bridgehead atoms. The highest BCUT2D eigenvalue weighted by molar-refractivity contribution is 8.19. The van der Waals surface area contributed by atoms with Gasteiger partial charge in [-0.3, -0.25) is 14.5 Å². The maximum absolute atomic E-state index is 13.7. The molecule has 1 aliphatic heterocycles. The number of halogens is 2. The van der Waals surface area contributed by atoms with Gasteiger partial charge in [-0.2, -0.15) is 0 Å². The lowest BCUT2D eigenvalue weighted by atomic mass is 10.1. The van der Waals surface area contributed by atoms with Crippen LogP contribution in [0.15, 0.2) is 94.8 Å². The summed E-state index contributed by atoms with van der Waals surface area (Å²) >= 11 is 13.3. The number of nitrogens with zero attached hydrogens (tertiary/aromatic N) is 2. The average molecular weight is 633 g/mol. The second-order valence-corrected chi connectivity index (χ2v) is 11.5. The van der Waals surface area contributed by atoms with Crippen LogP contribution in [0.2, 0.25) is 10.0 Å². The number of hydrogen-bond donors (Lipinski definition) is 1. The van der Waals surface area contributed by atoms with Gasteiger partial charge in [0.2, 0.25) is 0 Å². The van der Waals surface area contributed by atoms with E-state index < -0.39 is 0 Å². The largest absolute Gasteiger partial charge is 0.493 e. The fraction of sp³-hybridized carbons (Fsp3) is 0.121. The Morgan fingerprint density at radius 2 is 1.60 bits per heavy atom. The normalized spacial score (nSPS) is 14.8. The monoisotopic (exact) mass is 631 g/mol. The van der Waals surface area contributed by atoms with Crippen molar-refractivity contribution in [1.82, 2.24) is 0 Å². The second-order valence-electron chi connectivity index (χ2n) is 9.69. The van der Waals surface area contributed by atoms with Gasteiger partial charge in [-0.15, -0.1) is 0 Å². The smallest absolute Gasteiger partial charge is 0.271 e. The molecule has 4 aromatic rings. The molecular formula is C33H27Cl2N3O4S. The summed E-state index contributed by atoms with van der Waals surface area (Å²) in [6.45, 7) is 3.76. The standard InChI is InChI=1S/C33H27Cl2N3O4S/c1-20-4-9-23(10-5-20)37-33-38(25-12-6-21(2)7-13-25)32(40)30(43-33)17-22-8-15-28(29(16-22)41-3)42-19-31(39)36-24-11-14-26(34)27(35)18-24/h4-18H,19H2,1-3H3,(H,36,39)/b30-17+,37-33?. The number of hydrogen-bond acceptors (Lipinski definition) is 6. The molecule has 7 nitrogen and oxygen atoms in total. The third-order valence-corrected chi connectivity index (χ3v) is 8.11. The van der Waals surface area contributed by atoms with Crippen molar-refractivity contribution in [3.8, 4) is 11.5 Å². The minimum Gasteiger partial charge on any atom is -0.493 e. The molecule has 1 fully saturated rings. The number of ether oxygens (including phenoxy) is 2. The van der Waals surface area contributed by atoms with Gasteiger partial charge in [-0.1, -0.05) is 64.7 Å². The first-order valence-electron chi connectivity index (χ1n) is 13.2. The highest BCUT2D eigenvalue weighted by Gasteiger charge is 2.34. The van der Waals surface area contributed by atoms with Crippen molar-refractivity contribution >= 4 is 75.1 Å². The van der Waals surface area contributed by atoms with E-state index in [0.29, 0.717) is 37.3 Å². The Hall–Kier alpha value is -4.24. The number of carbonyl (C=O) groups excluding carboxylic acids is 2. The van der Waals surface area contributed by atoms with Crippen LogP contribution >= 0.6 is 35.0 Å². The Kier molecular flexibility index (Phi) is 9.40. The van der Waals surface area contributed by atoms with E-state index in [2.05, 4.69) is 5.32 Å². The minimum absolute atomic E-state index is 0.182. The zero-order valence-electron chi connectivity index (χ0n) is 23.6. The van der Waals surface area contributed by atoms with Crippen molar-refractivity contribution in [2.45, 2.75) is 13.8 Å². The molecule has 0 radical (unpaired) electrons. The number of nitrogens with one attached hydrogen (secondary N) is 1. The first-order chi connectivity index (χ1) is 20.7. The van der Waals surface area contributed by atoms with E-state index in [1.54, 1.807) is 47.4 Å². The molecule has 1 heterocycles. The van der Waals surface area contributed by atoms with Crippen LogP contribution in [0, 0.1) is 13.8 Å². The second kappa shape index (κ2) is 13.4. The molecule has 0 saturated carbocycles. The van der Waals surface area contributed by atoms with Gasteiger partial charge in [0, 0.05) is 5.69 Å². The molecule has 218 valence electrons. The van der Waals surface area contributed by atoms with Crippen LogP contribution in [0.1, 0.15) is 16.7 Å². The fourth-order valence-corrected chi connectivity index (χ4v) is 5.46. The topological polar surface area (TPSA) is 80.2 Å². The summed E-state index contributed by atoms with van der Waals surface area (Å²) in [6, 6.07) is 25.6. The average Bonchev–Trinajstić information content (AvgIpc) is 3.29. The van der Waals surface area contributed by atoms with Crippen LogP contribution in [-0.2, 0) is 9.59 Å². The predicted octanol–water partition coefficient (Wildman–Crippen LogP) is 8.44. The number of anilines is 2. The lowest BCUT2D eigenvalue weighted by Crippen LogP contribution is -2.28. The lowest BCUT2D eigenvalue weighted by molar-refractivity contribution is -0.118. The van der Waals surface area contributed by atoms with Crippen LogP contribution in [0.4, 0.5) is 17.1 Å². The number of amidine groups is 1. The number of benzene rings is 4. The summed E-state index contributed by atoms with van der Waals surface area (Å²) in [4.78, 5) is 33.0. The van der Waals surface area contributed by atoms with E-state index in [0.717, 1.165) is 28.1 Å². The van der Waals surface area contributed by atoms with E-state index in [1.165, 1.54) is 18.9 Å². The summed E-state index contributed by atoms with van der Waals surface area (Å²) in [5.74, 6) is 0.229. The first-order valence-corrected chi connectivity index (χ1v) is 14.8. The quantitative estimate of drug-likeness (QED) is 0.197. The molecule has 0 unspecified atom stereocenters. The summed E-state index contributed by atoms with van der Waals surface area (Å²) in [5, 5.41) is 4.00. The SMILES string of the molecule is COc1cc(/C=C2/SC(=Nc3ccc(C)cc3)N(c3ccc(C)cc3)C2=O)ccc1OCC(=O)Nc1ccc(Cl)c(Cl)c1. The Morgan fingerprint density at radius 3 is 2.28 bits per heavy atom. The number of aliphatic imine (C=N–C) groups is 1. The molecule has 5 rings (SSSR count). The highest BCUT2D eigenvalue weighted by Crippen LogP contribution is 2.38. The molecule has 10 heteroatoms. The van der Waals surface area contributed by atoms with Crippen LogP contribution in [0.3, 0.4) is 0 Å². The molecule has 2 amide bonds. The number of amides is 2. The van der Waals surface area contributed by atoms with E-state index in [1.807, 2.05) is 62.4 Å². The zero-order chi connectivity index (χ0) is 30.5. The first kappa shape index (κ1) is 30.2. The van der Waals surface area contributed by atoms with Crippen molar-refractivity contribution in [2.24, 2.45) is 4.99 Å². The van der Waals surface area contributed by atoms with Crippen LogP contribution < -0.4 is 19.7 Å². The summed E-state index contributed by atoms with van der Waals surface area (Å²) in [7, 11) is 1.51. The molecule has 0 atom stereocenters. The predicted molar refractivity (Wildman–Crippen MR) is 176 cm³/mol. The van der Waals surface area contributed by atoms with Crippen molar-refractivity contribution in [3.63, 3.8) is 0 Å². The van der Waals surface area contributed by atoms with Crippen molar-refractivity contribution in [2.75, 3.05) is 23.9 Å². The van der Waals surface area contributed by atoms with E-state index in [4.69, 9.17) is 37.7 Å². The molecule has 0 aliphatic carbocycles. The Bertz CT molecular complexity index is 1740. The molecule has 0 aromatic heterocycles. The van der Waals surface area contributed by atoms with Crippen LogP contribution in [0.5, 0.6) is 11.5 Å². The summed E-state index contributed by atoms with van der Waals surface area (Å²) in [5.41, 5.74) is 4.94. The highest BCUT2D eigenvalue weighted by atomic mass is 35.5. The van der Waals surface area contributed by atoms with Gasteiger partial charge in [0.1, 0.15) is 0 Å². The summed E-state index contributed by atoms with van der Waals surface area (Å²) < 4.78 is 11.2. The van der Waals surface area contributed by atoms with Gasteiger partial charge in [0.05, 0.1) is 33.4 Å². The Labute approximate surface area is 264 Å². The van der Waals surface area contributed by atoms with Crippen molar-refractivity contribution in [1.29, 1.82) is 0 Å². The van der Waals surface area contributed by atoms with Crippen LogP contribution in [0.25, 0.3) is 6.08 Å². The number of carbonyl (C=O) groups is 2. The lowest BCUT2D eigenvalue weighted by Gasteiger charge is -2.16. The third kappa shape index (κ3) is 7.40. The molecule has 0 spiro atoms. The van der Waals surface area contributed by atoms with Gasteiger partial charge in [-0.25, -0.2) is 4.99 Å². The molecule has 4 aromatic carbocycles. The van der Waals surface area contributed by atoms with Crippen LogP contribution in [-0.4, -0.2) is 30.7 Å². The minimum atomic E-state index is -0.379.